The zero-order chi connectivity index (χ0) is 15.4. The van der Waals surface area contributed by atoms with E-state index in [1.807, 2.05) is 24.3 Å². The van der Waals surface area contributed by atoms with Crippen LogP contribution in [0.5, 0.6) is 5.75 Å². The van der Waals surface area contributed by atoms with Crippen LogP contribution in [0.2, 0.25) is 0 Å². The quantitative estimate of drug-likeness (QED) is 0.879. The van der Waals surface area contributed by atoms with E-state index in [2.05, 4.69) is 5.32 Å². The predicted octanol–water partition coefficient (Wildman–Crippen LogP) is 2.90. The summed E-state index contributed by atoms with van der Waals surface area (Å²) in [6.07, 6.45) is 7.53. The number of aliphatic hydroxyl groups excluding tert-OH is 1. The monoisotopic (exact) mass is 303 g/mol. The Balaban J connectivity index is 1.60. The van der Waals surface area contributed by atoms with Crippen LogP contribution in [0.1, 0.15) is 55.3 Å². The lowest BCUT2D eigenvalue weighted by Crippen LogP contribution is -2.38. The summed E-state index contributed by atoms with van der Waals surface area (Å²) in [4.78, 5) is 12.5. The topological polar surface area (TPSA) is 58.6 Å². The number of benzene rings is 1. The first-order valence-electron chi connectivity index (χ1n) is 8.43. The van der Waals surface area contributed by atoms with Gasteiger partial charge in [-0.2, -0.15) is 0 Å². The first-order chi connectivity index (χ1) is 10.8. The molecule has 22 heavy (non-hydrogen) atoms. The number of ether oxygens (including phenoxy) is 1. The summed E-state index contributed by atoms with van der Waals surface area (Å²) in [5, 5.41) is 12.3. The molecule has 0 heterocycles. The molecule has 4 heteroatoms. The highest BCUT2D eigenvalue weighted by Crippen LogP contribution is 2.28. The third-order valence-electron chi connectivity index (χ3n) is 4.92. The molecule has 4 nitrogen and oxygen atoms in total. The van der Waals surface area contributed by atoms with E-state index in [1.165, 1.54) is 6.42 Å². The number of para-hydroxylation sites is 1. The van der Waals surface area contributed by atoms with Crippen LogP contribution < -0.4 is 10.1 Å². The standard InChI is InChI=1S/C18H25NO3/c20-12-13-8-10-14(11-9-13)19-18(21)16-6-1-2-7-17(16)22-15-4-3-5-15/h1-2,6-7,13-15,20H,3-5,8-12H2,(H,19,21). The van der Waals surface area contributed by atoms with Crippen molar-refractivity contribution in [1.29, 1.82) is 0 Å². The van der Waals surface area contributed by atoms with Gasteiger partial charge in [0.2, 0.25) is 0 Å². The molecule has 1 aromatic carbocycles. The van der Waals surface area contributed by atoms with Crippen LogP contribution in [0.4, 0.5) is 0 Å². The van der Waals surface area contributed by atoms with Crippen molar-refractivity contribution in [3.8, 4) is 5.75 Å². The van der Waals surface area contributed by atoms with Crippen molar-refractivity contribution in [1.82, 2.24) is 5.32 Å². The number of nitrogens with one attached hydrogen (secondary N) is 1. The predicted molar refractivity (Wildman–Crippen MR) is 85.0 cm³/mol. The summed E-state index contributed by atoms with van der Waals surface area (Å²) in [6, 6.07) is 7.73. The summed E-state index contributed by atoms with van der Waals surface area (Å²) < 4.78 is 5.93. The van der Waals surface area contributed by atoms with E-state index in [9.17, 15) is 9.90 Å². The summed E-state index contributed by atoms with van der Waals surface area (Å²) in [5.74, 6) is 1.07. The Hall–Kier alpha value is -1.55. The zero-order valence-electron chi connectivity index (χ0n) is 13.0. The van der Waals surface area contributed by atoms with Gasteiger partial charge in [0.05, 0.1) is 11.7 Å². The fourth-order valence-electron chi connectivity index (χ4n) is 3.18. The minimum atomic E-state index is -0.0395. The van der Waals surface area contributed by atoms with E-state index in [-0.39, 0.29) is 24.7 Å². The Kier molecular flexibility index (Phi) is 4.98. The smallest absolute Gasteiger partial charge is 0.255 e. The van der Waals surface area contributed by atoms with Gasteiger partial charge in [-0.1, -0.05) is 12.1 Å². The molecule has 1 amide bonds. The van der Waals surface area contributed by atoms with E-state index in [0.717, 1.165) is 38.5 Å². The second-order valence-electron chi connectivity index (χ2n) is 6.54. The molecule has 0 aromatic heterocycles. The molecule has 2 aliphatic rings. The molecular weight excluding hydrogens is 278 g/mol. The molecule has 0 saturated heterocycles. The fraction of sp³-hybridized carbons (Fsp3) is 0.611. The van der Waals surface area contributed by atoms with Gasteiger partial charge in [-0.05, 0) is 63.0 Å². The van der Waals surface area contributed by atoms with E-state index in [1.54, 1.807) is 0 Å². The molecule has 120 valence electrons. The van der Waals surface area contributed by atoms with Gasteiger partial charge in [0.15, 0.2) is 0 Å². The third-order valence-corrected chi connectivity index (χ3v) is 4.92. The Labute approximate surface area is 131 Å². The maximum Gasteiger partial charge on any atom is 0.255 e. The van der Waals surface area contributed by atoms with E-state index >= 15 is 0 Å². The van der Waals surface area contributed by atoms with Crippen LogP contribution in [-0.4, -0.2) is 29.8 Å². The van der Waals surface area contributed by atoms with Gasteiger partial charge in [0, 0.05) is 12.6 Å². The largest absolute Gasteiger partial charge is 0.490 e. The Morgan fingerprint density at radius 3 is 2.50 bits per heavy atom. The lowest BCUT2D eigenvalue weighted by atomic mass is 9.86. The highest BCUT2D eigenvalue weighted by molar-refractivity contribution is 5.97. The highest BCUT2D eigenvalue weighted by Gasteiger charge is 2.25. The van der Waals surface area contributed by atoms with E-state index in [0.29, 0.717) is 17.2 Å². The first kappa shape index (κ1) is 15.3. The highest BCUT2D eigenvalue weighted by atomic mass is 16.5. The van der Waals surface area contributed by atoms with Gasteiger partial charge in [0.1, 0.15) is 5.75 Å². The summed E-state index contributed by atoms with van der Waals surface area (Å²) in [7, 11) is 0. The molecule has 0 radical (unpaired) electrons. The van der Waals surface area contributed by atoms with Crippen molar-refractivity contribution in [3.63, 3.8) is 0 Å². The minimum Gasteiger partial charge on any atom is -0.490 e. The van der Waals surface area contributed by atoms with Crippen LogP contribution in [0.25, 0.3) is 0 Å². The van der Waals surface area contributed by atoms with Crippen LogP contribution in [0.15, 0.2) is 24.3 Å². The molecule has 0 spiro atoms. The first-order valence-corrected chi connectivity index (χ1v) is 8.43. The average molecular weight is 303 g/mol. The van der Waals surface area contributed by atoms with Crippen molar-refractivity contribution in [2.75, 3.05) is 6.61 Å². The second-order valence-corrected chi connectivity index (χ2v) is 6.54. The van der Waals surface area contributed by atoms with Gasteiger partial charge < -0.3 is 15.2 Å². The number of carbonyl (C=O) groups is 1. The number of hydrogen-bond donors (Lipinski definition) is 2. The average Bonchev–Trinajstić information content (AvgIpc) is 2.52. The zero-order valence-corrected chi connectivity index (χ0v) is 13.0. The molecule has 0 aliphatic heterocycles. The van der Waals surface area contributed by atoms with Gasteiger partial charge in [-0.3, -0.25) is 4.79 Å². The molecule has 0 atom stereocenters. The second kappa shape index (κ2) is 7.14. The number of carbonyl (C=O) groups excluding carboxylic acids is 1. The molecule has 2 N–H and O–H groups in total. The van der Waals surface area contributed by atoms with Crippen molar-refractivity contribution >= 4 is 5.91 Å². The summed E-state index contributed by atoms with van der Waals surface area (Å²) in [6.45, 7) is 0.263. The summed E-state index contributed by atoms with van der Waals surface area (Å²) >= 11 is 0. The number of amides is 1. The van der Waals surface area contributed by atoms with Crippen molar-refractivity contribution in [2.24, 2.45) is 5.92 Å². The van der Waals surface area contributed by atoms with Crippen LogP contribution >= 0.6 is 0 Å². The molecule has 0 bridgehead atoms. The minimum absolute atomic E-state index is 0.0395. The molecule has 1 aromatic rings. The molecule has 2 saturated carbocycles. The molecule has 0 unspecified atom stereocenters. The lowest BCUT2D eigenvalue weighted by molar-refractivity contribution is 0.0891. The Morgan fingerprint density at radius 2 is 1.86 bits per heavy atom. The Morgan fingerprint density at radius 1 is 1.14 bits per heavy atom. The fourth-order valence-corrected chi connectivity index (χ4v) is 3.18. The van der Waals surface area contributed by atoms with Gasteiger partial charge >= 0.3 is 0 Å². The maximum atomic E-state index is 12.5. The number of hydrogen-bond acceptors (Lipinski definition) is 3. The molecule has 2 aliphatic carbocycles. The Bertz CT molecular complexity index is 505. The van der Waals surface area contributed by atoms with Gasteiger partial charge in [-0.25, -0.2) is 0 Å². The van der Waals surface area contributed by atoms with Gasteiger partial charge in [-0.15, -0.1) is 0 Å². The van der Waals surface area contributed by atoms with E-state index < -0.39 is 0 Å². The lowest BCUT2D eigenvalue weighted by Gasteiger charge is -2.29. The van der Waals surface area contributed by atoms with Gasteiger partial charge in [0.25, 0.3) is 5.91 Å². The van der Waals surface area contributed by atoms with Crippen molar-refractivity contribution in [3.05, 3.63) is 29.8 Å². The summed E-state index contributed by atoms with van der Waals surface area (Å²) in [5.41, 5.74) is 0.638. The van der Waals surface area contributed by atoms with Crippen LogP contribution in [0, 0.1) is 5.92 Å². The third kappa shape index (κ3) is 3.61. The molecular formula is C18H25NO3. The number of rotatable bonds is 5. The molecule has 2 fully saturated rings. The normalized spacial score (nSPS) is 25.3. The van der Waals surface area contributed by atoms with Crippen molar-refractivity contribution in [2.45, 2.75) is 57.1 Å². The maximum absolute atomic E-state index is 12.5. The SMILES string of the molecule is O=C(NC1CCC(CO)CC1)c1ccccc1OC1CCC1. The number of aliphatic hydroxyl groups is 1. The van der Waals surface area contributed by atoms with E-state index in [4.69, 9.17) is 4.74 Å². The molecule has 3 rings (SSSR count). The van der Waals surface area contributed by atoms with Crippen molar-refractivity contribution < 1.29 is 14.6 Å². The van der Waals surface area contributed by atoms with Crippen LogP contribution in [-0.2, 0) is 0 Å². The van der Waals surface area contributed by atoms with Crippen LogP contribution in [0.3, 0.4) is 0 Å².